The number of aliphatic imine (C=N–C) groups is 1. The van der Waals surface area contributed by atoms with Crippen LogP contribution in [0.25, 0.3) is 0 Å². The van der Waals surface area contributed by atoms with Gasteiger partial charge in [-0.05, 0) is 36.8 Å². The van der Waals surface area contributed by atoms with Crippen molar-refractivity contribution >= 4 is 41.5 Å². The predicted molar refractivity (Wildman–Crippen MR) is 142 cm³/mol. The van der Waals surface area contributed by atoms with Crippen molar-refractivity contribution < 1.29 is 9.53 Å². The number of rotatable bonds is 9. The van der Waals surface area contributed by atoms with Crippen LogP contribution in [0.3, 0.4) is 0 Å². The number of carbonyl (C=O) groups is 1. The number of nitrogens with zero attached hydrogens (tertiary/aromatic N) is 4. The highest BCUT2D eigenvalue weighted by Gasteiger charge is 2.10. The van der Waals surface area contributed by atoms with Gasteiger partial charge in [0.15, 0.2) is 5.96 Å². The van der Waals surface area contributed by atoms with Crippen LogP contribution < -0.4 is 15.4 Å². The van der Waals surface area contributed by atoms with E-state index in [2.05, 4.69) is 20.6 Å². The number of amides is 1. The third-order valence-electron chi connectivity index (χ3n) is 4.78. The van der Waals surface area contributed by atoms with Crippen molar-refractivity contribution in [3.8, 4) is 5.75 Å². The fourth-order valence-corrected chi connectivity index (χ4v) is 3.29. The Bertz CT molecular complexity index is 1040. The molecular weight excluding hydrogens is 531 g/mol. The molecule has 8 nitrogen and oxygen atoms in total. The van der Waals surface area contributed by atoms with Gasteiger partial charge in [0.1, 0.15) is 12.3 Å². The molecular formula is C24H31IN6O2. The molecule has 2 aromatic carbocycles. The lowest BCUT2D eigenvalue weighted by molar-refractivity contribution is -0.116. The summed E-state index contributed by atoms with van der Waals surface area (Å²) < 4.78 is 7.05. The van der Waals surface area contributed by atoms with E-state index in [1.165, 1.54) is 0 Å². The molecule has 3 aromatic rings. The molecule has 33 heavy (non-hydrogen) atoms. The smallest absolute Gasteiger partial charge is 0.246 e. The van der Waals surface area contributed by atoms with Gasteiger partial charge in [-0.2, -0.15) is 5.10 Å². The lowest BCUT2D eigenvalue weighted by Gasteiger charge is -2.23. The summed E-state index contributed by atoms with van der Waals surface area (Å²) in [5.41, 5.74) is 2.83. The number of aromatic nitrogens is 2. The topological polar surface area (TPSA) is 83.8 Å². The number of nitrogens with one attached hydrogen (secondary N) is 2. The molecule has 1 aromatic heterocycles. The van der Waals surface area contributed by atoms with Crippen molar-refractivity contribution in [3.63, 3.8) is 0 Å². The number of benzene rings is 2. The first-order chi connectivity index (χ1) is 15.6. The highest BCUT2D eigenvalue weighted by atomic mass is 127. The van der Waals surface area contributed by atoms with Gasteiger partial charge in [0.2, 0.25) is 5.91 Å². The van der Waals surface area contributed by atoms with Gasteiger partial charge in [-0.1, -0.05) is 30.3 Å². The van der Waals surface area contributed by atoms with Crippen LogP contribution in [0.1, 0.15) is 18.1 Å². The Kier molecular flexibility index (Phi) is 10.7. The fourth-order valence-electron chi connectivity index (χ4n) is 3.29. The number of ether oxygens (including phenoxy) is 1. The highest BCUT2D eigenvalue weighted by molar-refractivity contribution is 14.0. The van der Waals surface area contributed by atoms with Crippen LogP contribution in [0.5, 0.6) is 5.75 Å². The third kappa shape index (κ3) is 8.08. The fraction of sp³-hybridized carbons (Fsp3) is 0.292. The highest BCUT2D eigenvalue weighted by Crippen LogP contribution is 2.19. The lowest BCUT2D eigenvalue weighted by atomic mass is 10.2. The van der Waals surface area contributed by atoms with Crippen LogP contribution in [0.4, 0.5) is 5.69 Å². The average Bonchev–Trinajstić information content (AvgIpc) is 3.30. The molecule has 1 heterocycles. The largest absolute Gasteiger partial charge is 0.496 e. The molecule has 0 saturated heterocycles. The first-order valence-corrected chi connectivity index (χ1v) is 10.6. The van der Waals surface area contributed by atoms with Gasteiger partial charge in [0, 0.05) is 43.8 Å². The molecule has 0 aliphatic heterocycles. The minimum atomic E-state index is -0.126. The summed E-state index contributed by atoms with van der Waals surface area (Å²) in [5.74, 6) is 1.53. The molecule has 0 aliphatic rings. The van der Waals surface area contributed by atoms with Crippen LogP contribution in [0.15, 0.2) is 72.0 Å². The number of methoxy groups -OCH3 is 1. The summed E-state index contributed by atoms with van der Waals surface area (Å²) in [6.45, 7) is 4.13. The molecule has 0 unspecified atom stereocenters. The van der Waals surface area contributed by atoms with E-state index in [1.54, 1.807) is 30.3 Å². The van der Waals surface area contributed by atoms with Crippen LogP contribution >= 0.6 is 24.0 Å². The number of para-hydroxylation sites is 1. The standard InChI is InChI=1S/C24H30N6O2.HI/c1-4-25-24(29(2)17-20-10-5-6-12-22(20)32-3)26-16-19-9-7-11-21(15-19)28-23(31)18-30-14-8-13-27-30;/h5-15H,4,16-18H2,1-3H3,(H,25,26)(H,28,31);1H. The molecule has 0 aliphatic carbocycles. The molecule has 0 atom stereocenters. The van der Waals surface area contributed by atoms with Crippen LogP contribution in [-0.2, 0) is 24.4 Å². The summed E-state index contributed by atoms with van der Waals surface area (Å²) >= 11 is 0. The zero-order valence-corrected chi connectivity index (χ0v) is 21.5. The zero-order chi connectivity index (χ0) is 22.8. The Hall–Kier alpha value is -3.08. The van der Waals surface area contributed by atoms with Gasteiger partial charge < -0.3 is 20.3 Å². The van der Waals surface area contributed by atoms with Gasteiger partial charge in [0.25, 0.3) is 0 Å². The van der Waals surface area contributed by atoms with Crippen LogP contribution in [0, 0.1) is 0 Å². The number of carbonyl (C=O) groups excluding carboxylic acids is 1. The summed E-state index contributed by atoms with van der Waals surface area (Å²) in [7, 11) is 3.68. The second-order valence-electron chi connectivity index (χ2n) is 7.29. The Labute approximate surface area is 212 Å². The maximum Gasteiger partial charge on any atom is 0.246 e. The lowest BCUT2D eigenvalue weighted by Crippen LogP contribution is -2.38. The van der Waals surface area contributed by atoms with Crippen molar-refractivity contribution in [1.82, 2.24) is 20.0 Å². The summed E-state index contributed by atoms with van der Waals surface area (Å²) in [6, 6.07) is 17.5. The number of guanidine groups is 1. The first-order valence-electron chi connectivity index (χ1n) is 10.6. The Morgan fingerprint density at radius 1 is 1.18 bits per heavy atom. The summed E-state index contributed by atoms with van der Waals surface area (Å²) in [5, 5.41) is 10.3. The van der Waals surface area contributed by atoms with E-state index in [1.807, 2.05) is 62.5 Å². The SMILES string of the molecule is CCNC(=NCc1cccc(NC(=O)Cn2cccn2)c1)N(C)Cc1ccccc1OC.I. The zero-order valence-electron chi connectivity index (χ0n) is 19.2. The Morgan fingerprint density at radius 2 is 2.00 bits per heavy atom. The van der Waals surface area contributed by atoms with Crippen molar-refractivity contribution in [1.29, 1.82) is 0 Å². The van der Waals surface area contributed by atoms with Crippen LogP contribution in [0.2, 0.25) is 0 Å². The monoisotopic (exact) mass is 562 g/mol. The van der Waals surface area contributed by atoms with E-state index >= 15 is 0 Å². The van der Waals surface area contributed by atoms with Gasteiger partial charge in [0.05, 0.1) is 13.7 Å². The molecule has 2 N–H and O–H groups in total. The van der Waals surface area contributed by atoms with E-state index in [0.29, 0.717) is 13.1 Å². The molecule has 0 bridgehead atoms. The molecule has 176 valence electrons. The van der Waals surface area contributed by atoms with Crippen molar-refractivity contribution in [3.05, 3.63) is 78.1 Å². The maximum atomic E-state index is 12.2. The Balaban J connectivity index is 0.00000385. The third-order valence-corrected chi connectivity index (χ3v) is 4.78. The van der Waals surface area contributed by atoms with Crippen molar-refractivity contribution in [2.24, 2.45) is 4.99 Å². The predicted octanol–water partition coefficient (Wildman–Crippen LogP) is 3.75. The second kappa shape index (κ2) is 13.5. The normalized spacial score (nSPS) is 10.8. The molecule has 1 amide bonds. The van der Waals surface area contributed by atoms with Crippen molar-refractivity contribution in [2.45, 2.75) is 26.6 Å². The first kappa shape index (κ1) is 26.2. The van der Waals surface area contributed by atoms with Gasteiger partial charge in [-0.25, -0.2) is 4.99 Å². The maximum absolute atomic E-state index is 12.2. The number of hydrogen-bond donors (Lipinski definition) is 2. The quantitative estimate of drug-likeness (QED) is 0.236. The molecule has 0 saturated carbocycles. The minimum Gasteiger partial charge on any atom is -0.496 e. The molecule has 0 radical (unpaired) electrons. The number of anilines is 1. The Morgan fingerprint density at radius 3 is 2.73 bits per heavy atom. The second-order valence-corrected chi connectivity index (χ2v) is 7.29. The van der Waals surface area contributed by atoms with E-state index < -0.39 is 0 Å². The molecule has 9 heteroatoms. The minimum absolute atomic E-state index is 0. The molecule has 0 spiro atoms. The van der Waals surface area contributed by atoms with E-state index in [-0.39, 0.29) is 36.4 Å². The van der Waals surface area contributed by atoms with Crippen LogP contribution in [-0.4, -0.2) is 47.2 Å². The van der Waals surface area contributed by atoms with Crippen molar-refractivity contribution in [2.75, 3.05) is 26.0 Å². The molecule has 0 fully saturated rings. The van der Waals surface area contributed by atoms with Gasteiger partial charge in [-0.3, -0.25) is 9.48 Å². The summed E-state index contributed by atoms with van der Waals surface area (Å²) in [6.07, 6.45) is 3.41. The molecule has 3 rings (SSSR count). The van der Waals surface area contributed by atoms with Gasteiger partial charge in [-0.15, -0.1) is 24.0 Å². The van der Waals surface area contributed by atoms with E-state index in [0.717, 1.165) is 35.1 Å². The average molecular weight is 562 g/mol. The van der Waals surface area contributed by atoms with E-state index in [4.69, 9.17) is 9.73 Å². The van der Waals surface area contributed by atoms with E-state index in [9.17, 15) is 4.79 Å². The number of hydrogen-bond acceptors (Lipinski definition) is 4. The number of halogens is 1. The van der Waals surface area contributed by atoms with Gasteiger partial charge >= 0.3 is 0 Å². The summed E-state index contributed by atoms with van der Waals surface area (Å²) in [4.78, 5) is 19.1.